The maximum atomic E-state index is 6.58. The van der Waals surface area contributed by atoms with E-state index in [0.29, 0.717) is 0 Å². The normalized spacial score (nSPS) is 20.7. The van der Waals surface area contributed by atoms with Gasteiger partial charge < -0.3 is 9.31 Å². The molecule has 5 aromatic rings. The summed E-state index contributed by atoms with van der Waals surface area (Å²) in [5.41, 5.74) is 11.3. The molecule has 3 aliphatic rings. The zero-order valence-electron chi connectivity index (χ0n) is 28.5. The molecule has 0 amide bonds. The largest absolute Gasteiger partial charge is 0.494 e. The average Bonchev–Trinajstić information content (AvgIpc) is 3.33. The van der Waals surface area contributed by atoms with Crippen LogP contribution >= 0.6 is 0 Å². The minimum atomic E-state index is -0.441. The molecule has 48 heavy (non-hydrogen) atoms. The second kappa shape index (κ2) is 11.5. The average molecular weight is 625 g/mol. The van der Waals surface area contributed by atoms with E-state index in [4.69, 9.17) is 9.31 Å². The number of allylic oxidation sites excluding steroid dienone is 4. The van der Waals surface area contributed by atoms with E-state index in [2.05, 4.69) is 180 Å². The van der Waals surface area contributed by atoms with Gasteiger partial charge in [0.2, 0.25) is 0 Å². The van der Waals surface area contributed by atoms with Crippen molar-refractivity contribution in [3.8, 4) is 22.3 Å². The number of rotatable bonds is 5. The summed E-state index contributed by atoms with van der Waals surface area (Å²) in [5.74, 6) is 0. The first-order chi connectivity index (χ1) is 23.1. The van der Waals surface area contributed by atoms with E-state index < -0.39 is 18.3 Å². The lowest BCUT2D eigenvalue weighted by molar-refractivity contribution is 0.00578. The van der Waals surface area contributed by atoms with Crippen LogP contribution in [0.4, 0.5) is 0 Å². The molecule has 236 valence electrons. The van der Waals surface area contributed by atoms with Crippen molar-refractivity contribution < 1.29 is 9.31 Å². The monoisotopic (exact) mass is 624 g/mol. The predicted molar refractivity (Wildman–Crippen MR) is 200 cm³/mol. The molecule has 3 heteroatoms. The van der Waals surface area contributed by atoms with Crippen molar-refractivity contribution in [2.24, 2.45) is 5.41 Å². The smallest absolute Gasteiger partial charge is 0.399 e. The fraction of sp³-hybridized carbons (Fsp3) is 0.200. The highest BCUT2D eigenvalue weighted by atomic mass is 16.7. The van der Waals surface area contributed by atoms with Crippen LogP contribution in [0.5, 0.6) is 0 Å². The molecule has 0 saturated carbocycles. The molecule has 5 aromatic carbocycles. The van der Waals surface area contributed by atoms with Crippen LogP contribution in [0.25, 0.3) is 33.4 Å². The first-order valence-corrected chi connectivity index (χ1v) is 17.1. The van der Waals surface area contributed by atoms with Crippen molar-refractivity contribution in [1.82, 2.24) is 0 Å². The lowest BCUT2D eigenvalue weighted by atomic mass is 9.62. The van der Waals surface area contributed by atoms with Gasteiger partial charge in [0.1, 0.15) is 0 Å². The molecule has 1 saturated heterocycles. The topological polar surface area (TPSA) is 18.5 Å². The zero-order chi connectivity index (χ0) is 33.1. The highest BCUT2D eigenvalue weighted by Gasteiger charge is 2.52. The maximum Gasteiger partial charge on any atom is 0.494 e. The van der Waals surface area contributed by atoms with E-state index in [1.807, 2.05) is 0 Å². The predicted octanol–water partition coefficient (Wildman–Crippen LogP) is 8.62. The molecular weight excluding hydrogens is 583 g/mol. The van der Waals surface area contributed by atoms with Crippen LogP contribution in [0.2, 0.25) is 0 Å². The Morgan fingerprint density at radius 1 is 0.521 bits per heavy atom. The molecular formula is C45H41BO2. The number of fused-ring (bicyclic) bond motifs is 2. The first kappa shape index (κ1) is 30.6. The van der Waals surface area contributed by atoms with Gasteiger partial charge >= 0.3 is 7.12 Å². The third-order valence-corrected chi connectivity index (χ3v) is 11.0. The molecule has 1 unspecified atom stereocenters. The molecule has 8 rings (SSSR count). The lowest BCUT2D eigenvalue weighted by Gasteiger charge is -2.40. The second-order valence-corrected chi connectivity index (χ2v) is 14.6. The van der Waals surface area contributed by atoms with E-state index in [-0.39, 0.29) is 5.41 Å². The zero-order valence-corrected chi connectivity index (χ0v) is 28.5. The van der Waals surface area contributed by atoms with Crippen molar-refractivity contribution in [1.29, 1.82) is 0 Å². The SMILES string of the molecule is CC12CC=CC=C1C(c1ccc(-c3ccccc3)cc1)=c1cc(B3OC(C)(C)C(C)(C)O3)ccc1=C2c1ccc(-c2ccccc2)cc1. The van der Waals surface area contributed by atoms with Crippen molar-refractivity contribution in [2.75, 3.05) is 0 Å². The Morgan fingerprint density at radius 3 is 1.58 bits per heavy atom. The number of hydrogen-bond donors (Lipinski definition) is 0. The fourth-order valence-electron chi connectivity index (χ4n) is 7.62. The maximum absolute atomic E-state index is 6.58. The summed E-state index contributed by atoms with van der Waals surface area (Å²) in [6, 6.07) is 46.3. The molecule has 2 aliphatic carbocycles. The summed E-state index contributed by atoms with van der Waals surface area (Å²) in [5, 5.41) is 2.48. The van der Waals surface area contributed by atoms with Crippen molar-refractivity contribution in [3.63, 3.8) is 0 Å². The third kappa shape index (κ3) is 5.05. The summed E-state index contributed by atoms with van der Waals surface area (Å²) < 4.78 is 13.2. The van der Waals surface area contributed by atoms with Gasteiger partial charge in [-0.05, 0) is 100 Å². The quantitative estimate of drug-likeness (QED) is 0.182. The molecule has 2 nitrogen and oxygen atoms in total. The van der Waals surface area contributed by atoms with Crippen molar-refractivity contribution >= 4 is 23.7 Å². The Hall–Kier alpha value is -4.70. The Bertz CT molecular complexity index is 2180. The van der Waals surface area contributed by atoms with Gasteiger partial charge in [-0.3, -0.25) is 0 Å². The number of benzene rings is 5. The number of hydrogen-bond acceptors (Lipinski definition) is 2. The summed E-state index contributed by atoms with van der Waals surface area (Å²) in [7, 11) is -0.441. The van der Waals surface area contributed by atoms with Gasteiger partial charge in [0.25, 0.3) is 0 Å². The van der Waals surface area contributed by atoms with Crippen LogP contribution in [-0.2, 0) is 9.31 Å². The Labute approximate surface area is 284 Å². The van der Waals surface area contributed by atoms with E-state index in [1.54, 1.807) is 0 Å². The van der Waals surface area contributed by atoms with E-state index in [0.717, 1.165) is 11.9 Å². The lowest BCUT2D eigenvalue weighted by Crippen LogP contribution is -2.46. The summed E-state index contributed by atoms with van der Waals surface area (Å²) in [6.07, 6.45) is 7.82. The Morgan fingerprint density at radius 2 is 1.02 bits per heavy atom. The Balaban J connectivity index is 1.38. The van der Waals surface area contributed by atoms with Gasteiger partial charge in [0.15, 0.2) is 0 Å². The molecule has 0 N–H and O–H groups in total. The molecule has 0 bridgehead atoms. The molecule has 1 aliphatic heterocycles. The summed E-state index contributed by atoms with van der Waals surface area (Å²) >= 11 is 0. The van der Waals surface area contributed by atoms with Gasteiger partial charge in [-0.25, -0.2) is 0 Å². The van der Waals surface area contributed by atoms with E-state index in [9.17, 15) is 0 Å². The second-order valence-electron chi connectivity index (χ2n) is 14.6. The minimum Gasteiger partial charge on any atom is -0.399 e. The molecule has 0 aromatic heterocycles. The van der Waals surface area contributed by atoms with E-state index >= 15 is 0 Å². The first-order valence-electron chi connectivity index (χ1n) is 17.1. The van der Waals surface area contributed by atoms with Crippen LogP contribution in [0, 0.1) is 5.41 Å². The van der Waals surface area contributed by atoms with Crippen molar-refractivity contribution in [3.05, 3.63) is 173 Å². The summed E-state index contributed by atoms with van der Waals surface area (Å²) in [4.78, 5) is 0. The van der Waals surface area contributed by atoms with Gasteiger partial charge in [-0.15, -0.1) is 0 Å². The van der Waals surface area contributed by atoms with Crippen LogP contribution in [0.15, 0.2) is 151 Å². The fourth-order valence-corrected chi connectivity index (χ4v) is 7.62. The third-order valence-electron chi connectivity index (χ3n) is 11.0. The van der Waals surface area contributed by atoms with Gasteiger partial charge in [0.05, 0.1) is 11.2 Å². The van der Waals surface area contributed by atoms with Crippen LogP contribution in [0.3, 0.4) is 0 Å². The van der Waals surface area contributed by atoms with Crippen LogP contribution in [-0.4, -0.2) is 18.3 Å². The highest BCUT2D eigenvalue weighted by Crippen LogP contribution is 2.50. The van der Waals surface area contributed by atoms with Crippen LogP contribution in [0.1, 0.15) is 52.2 Å². The standard InChI is InChI=1S/C45H41BO2/c1-43(2)44(3,4)48-46(47-43)37-27-28-38-39(30-37)41(35-23-19-33(20-24-35)31-14-8-6-9-15-31)40-18-12-13-29-45(40,5)42(38)36-25-21-34(22-26-36)32-16-10-7-11-17-32/h6-28,30H,29H2,1-5H3. The Kier molecular flexibility index (Phi) is 7.32. The van der Waals surface area contributed by atoms with E-state index in [1.165, 1.54) is 60.5 Å². The molecule has 1 heterocycles. The van der Waals surface area contributed by atoms with Gasteiger partial charge in [-0.1, -0.05) is 153 Å². The highest BCUT2D eigenvalue weighted by molar-refractivity contribution is 6.62. The summed E-state index contributed by atoms with van der Waals surface area (Å²) in [6.45, 7) is 10.9. The molecule has 0 radical (unpaired) electrons. The van der Waals surface area contributed by atoms with Crippen molar-refractivity contribution in [2.45, 2.75) is 52.2 Å². The van der Waals surface area contributed by atoms with Gasteiger partial charge in [-0.2, -0.15) is 0 Å². The minimum absolute atomic E-state index is 0.213. The van der Waals surface area contributed by atoms with Gasteiger partial charge in [0, 0.05) is 5.41 Å². The molecule has 1 fully saturated rings. The van der Waals surface area contributed by atoms with Crippen LogP contribution < -0.4 is 15.9 Å². The molecule has 0 spiro atoms. The molecule has 1 atom stereocenters.